The van der Waals surface area contributed by atoms with Crippen molar-refractivity contribution in [3.8, 4) is 23.0 Å². The van der Waals surface area contributed by atoms with Crippen molar-refractivity contribution in [1.29, 1.82) is 0 Å². The zero-order valence-electron chi connectivity index (χ0n) is 15.1. The summed E-state index contributed by atoms with van der Waals surface area (Å²) in [6, 6.07) is 18.8. The molecule has 0 heterocycles. The summed E-state index contributed by atoms with van der Waals surface area (Å²) in [6.45, 7) is 4.89. The van der Waals surface area contributed by atoms with Crippen LogP contribution in [-0.2, 0) is 0 Å². The fourth-order valence-electron chi connectivity index (χ4n) is 2.30. The maximum atomic E-state index is 4.42. The van der Waals surface area contributed by atoms with Gasteiger partial charge in [0.05, 0.1) is 0 Å². The van der Waals surface area contributed by atoms with Gasteiger partial charge in [-0.05, 0) is 49.1 Å². The molecule has 1 heteroatoms. The Kier molecular flexibility index (Phi) is 8.01. The first-order valence-electron chi connectivity index (χ1n) is 8.73. The van der Waals surface area contributed by atoms with E-state index < -0.39 is 0 Å². The zero-order valence-corrected chi connectivity index (χ0v) is 15.1. The Morgan fingerprint density at radius 2 is 1.72 bits per heavy atom. The van der Waals surface area contributed by atoms with Crippen LogP contribution >= 0.6 is 0 Å². The van der Waals surface area contributed by atoms with Crippen molar-refractivity contribution in [3.63, 3.8) is 0 Å². The molecule has 0 fully saturated rings. The van der Waals surface area contributed by atoms with E-state index in [4.69, 9.17) is 0 Å². The van der Waals surface area contributed by atoms with E-state index in [1.165, 1.54) is 16.7 Å². The average molecular weight is 327 g/mol. The Bertz CT molecular complexity index is 781. The van der Waals surface area contributed by atoms with Crippen LogP contribution < -0.4 is 0 Å². The molecule has 0 aliphatic heterocycles. The average Bonchev–Trinajstić information content (AvgIpc) is 2.67. The van der Waals surface area contributed by atoms with Gasteiger partial charge in [0.25, 0.3) is 0 Å². The highest BCUT2D eigenvalue weighted by Crippen LogP contribution is 2.18. The molecule has 0 bridgehead atoms. The normalized spacial score (nSPS) is 11.7. The topological polar surface area (TPSA) is 12.4 Å². The summed E-state index contributed by atoms with van der Waals surface area (Å²) in [5.74, 6) is 6.46. The Hall–Kier alpha value is -2.85. The van der Waals surface area contributed by atoms with Crippen LogP contribution in [0.4, 0.5) is 0 Å². The lowest BCUT2D eigenvalue weighted by Gasteiger charge is -2.00. The van der Waals surface area contributed by atoms with E-state index >= 15 is 0 Å². The summed E-state index contributed by atoms with van der Waals surface area (Å²) < 4.78 is 0. The largest absolute Gasteiger partial charge is 0.293 e. The van der Waals surface area contributed by atoms with Crippen molar-refractivity contribution in [2.24, 2.45) is 4.99 Å². The van der Waals surface area contributed by atoms with Crippen LogP contribution in [0.3, 0.4) is 0 Å². The van der Waals surface area contributed by atoms with E-state index in [2.05, 4.69) is 78.4 Å². The number of hydrogen-bond donors (Lipinski definition) is 0. The van der Waals surface area contributed by atoms with Crippen LogP contribution in [0.1, 0.15) is 32.3 Å². The summed E-state index contributed by atoms with van der Waals surface area (Å²) in [5, 5.41) is 0. The van der Waals surface area contributed by atoms with Crippen molar-refractivity contribution >= 4 is 6.21 Å². The van der Waals surface area contributed by atoms with Crippen molar-refractivity contribution in [1.82, 2.24) is 0 Å². The minimum Gasteiger partial charge on any atom is -0.293 e. The molecule has 2 rings (SSSR count). The molecule has 0 saturated carbocycles. The molecule has 1 nitrogen and oxygen atoms in total. The second-order valence-corrected chi connectivity index (χ2v) is 5.82. The molecule has 126 valence electrons. The molecular weight excluding hydrogens is 302 g/mol. The fourth-order valence-corrected chi connectivity index (χ4v) is 2.30. The van der Waals surface area contributed by atoms with Crippen molar-refractivity contribution < 1.29 is 0 Å². The third kappa shape index (κ3) is 7.06. The third-order valence-corrected chi connectivity index (χ3v) is 3.66. The number of unbranched alkanes of at least 4 members (excludes halogenated alkanes) is 1. The number of hydrogen-bond acceptors (Lipinski definition) is 1. The van der Waals surface area contributed by atoms with E-state index in [0.717, 1.165) is 24.9 Å². The van der Waals surface area contributed by atoms with Gasteiger partial charge in [-0.15, -0.1) is 0 Å². The molecule has 0 radical (unpaired) electrons. The van der Waals surface area contributed by atoms with Crippen LogP contribution in [-0.4, -0.2) is 12.8 Å². The zero-order chi connectivity index (χ0) is 17.7. The van der Waals surface area contributed by atoms with E-state index in [0.29, 0.717) is 0 Å². The number of benzene rings is 2. The highest BCUT2D eigenvalue weighted by molar-refractivity contribution is 5.78. The van der Waals surface area contributed by atoms with E-state index in [1.54, 1.807) is 0 Å². The second-order valence-electron chi connectivity index (χ2n) is 5.82. The summed E-state index contributed by atoms with van der Waals surface area (Å²) >= 11 is 0. The number of nitrogens with zero attached hydrogens (tertiary/aromatic N) is 1. The maximum Gasteiger partial charge on any atom is 0.0398 e. The van der Waals surface area contributed by atoms with Gasteiger partial charge in [0.15, 0.2) is 0 Å². The number of aliphatic imine (C=N–C) groups is 1. The molecular formula is C24H25N. The Morgan fingerprint density at radius 3 is 2.44 bits per heavy atom. The second kappa shape index (κ2) is 10.8. The van der Waals surface area contributed by atoms with Crippen LogP contribution in [0.2, 0.25) is 0 Å². The van der Waals surface area contributed by atoms with E-state index in [9.17, 15) is 0 Å². The molecule has 25 heavy (non-hydrogen) atoms. The Labute approximate surface area is 151 Å². The van der Waals surface area contributed by atoms with Gasteiger partial charge in [-0.3, -0.25) is 4.99 Å². The molecule has 0 spiro atoms. The quantitative estimate of drug-likeness (QED) is 0.264. The third-order valence-electron chi connectivity index (χ3n) is 3.66. The van der Waals surface area contributed by atoms with Gasteiger partial charge in [-0.2, -0.15) is 0 Å². The SMILES string of the molecule is C/C=C\C=C(\C)C=NCCCC#Cc1ccc(-c2ccccc2)cc1. The molecule has 0 N–H and O–H groups in total. The van der Waals surface area contributed by atoms with Gasteiger partial charge in [0.2, 0.25) is 0 Å². The smallest absolute Gasteiger partial charge is 0.0398 e. The van der Waals surface area contributed by atoms with Crippen LogP contribution in [0.25, 0.3) is 11.1 Å². The van der Waals surface area contributed by atoms with Gasteiger partial charge in [0.1, 0.15) is 0 Å². The monoisotopic (exact) mass is 327 g/mol. The van der Waals surface area contributed by atoms with Gasteiger partial charge in [-0.1, -0.05) is 72.5 Å². The molecule has 0 unspecified atom stereocenters. The Morgan fingerprint density at radius 1 is 1.00 bits per heavy atom. The van der Waals surface area contributed by atoms with Gasteiger partial charge in [0, 0.05) is 24.7 Å². The minimum absolute atomic E-state index is 0.822. The molecule has 0 saturated heterocycles. The predicted molar refractivity (Wildman–Crippen MR) is 110 cm³/mol. The summed E-state index contributed by atoms with van der Waals surface area (Å²) in [5.41, 5.74) is 4.69. The first kappa shape index (κ1) is 18.5. The number of rotatable bonds is 6. The van der Waals surface area contributed by atoms with Crippen molar-refractivity contribution in [2.45, 2.75) is 26.7 Å². The predicted octanol–water partition coefficient (Wildman–Crippen LogP) is 6.08. The molecule has 0 amide bonds. The fraction of sp³-hybridized carbons (Fsp3) is 0.208. The maximum absolute atomic E-state index is 4.42. The molecule has 0 aliphatic rings. The van der Waals surface area contributed by atoms with Crippen LogP contribution in [0, 0.1) is 11.8 Å². The lowest BCUT2D eigenvalue weighted by atomic mass is 10.0. The van der Waals surface area contributed by atoms with Crippen LogP contribution in [0.15, 0.2) is 83.4 Å². The highest BCUT2D eigenvalue weighted by atomic mass is 14.7. The summed E-state index contributed by atoms with van der Waals surface area (Å²) in [4.78, 5) is 4.42. The summed E-state index contributed by atoms with van der Waals surface area (Å²) in [6.07, 6.45) is 9.88. The van der Waals surface area contributed by atoms with Gasteiger partial charge >= 0.3 is 0 Å². The highest BCUT2D eigenvalue weighted by Gasteiger charge is 1.95. The lowest BCUT2D eigenvalue weighted by Crippen LogP contribution is -1.83. The molecule has 0 aliphatic carbocycles. The van der Waals surface area contributed by atoms with E-state index in [-0.39, 0.29) is 0 Å². The van der Waals surface area contributed by atoms with E-state index in [1.807, 2.05) is 31.4 Å². The van der Waals surface area contributed by atoms with Gasteiger partial charge < -0.3 is 0 Å². The van der Waals surface area contributed by atoms with Gasteiger partial charge in [-0.25, -0.2) is 0 Å². The van der Waals surface area contributed by atoms with Crippen molar-refractivity contribution in [2.75, 3.05) is 6.54 Å². The molecule has 0 atom stereocenters. The molecule has 2 aromatic carbocycles. The number of allylic oxidation sites excluding steroid dienone is 4. The first-order chi connectivity index (χ1) is 12.3. The summed E-state index contributed by atoms with van der Waals surface area (Å²) in [7, 11) is 0. The molecule has 0 aromatic heterocycles. The standard InChI is InChI=1S/C24H25N/c1-3-4-11-21(2)20-25-19-10-6-7-12-22-15-17-24(18-16-22)23-13-8-5-9-14-23/h3-5,8-9,11,13-18,20H,6,10,19H2,1-2H3/b4-3-,21-11-,25-20?. The molecule has 2 aromatic rings. The van der Waals surface area contributed by atoms with Crippen LogP contribution in [0.5, 0.6) is 0 Å². The first-order valence-corrected chi connectivity index (χ1v) is 8.73. The lowest BCUT2D eigenvalue weighted by molar-refractivity contribution is 0.873. The van der Waals surface area contributed by atoms with Crippen molar-refractivity contribution in [3.05, 3.63) is 84.0 Å². The Balaban J connectivity index is 1.77. The minimum atomic E-state index is 0.822.